The quantitative estimate of drug-likeness (QED) is 0.306. The lowest BCUT2D eigenvalue weighted by Crippen LogP contribution is -2.20. The van der Waals surface area contributed by atoms with Crippen molar-refractivity contribution in [3.8, 4) is 5.88 Å². The van der Waals surface area contributed by atoms with E-state index in [0.29, 0.717) is 30.8 Å². The fourth-order valence-corrected chi connectivity index (χ4v) is 2.18. The molecule has 7 nitrogen and oxygen atoms in total. The van der Waals surface area contributed by atoms with Gasteiger partial charge in [-0.15, -0.1) is 0 Å². The van der Waals surface area contributed by atoms with E-state index in [0.717, 1.165) is 17.0 Å². The van der Waals surface area contributed by atoms with E-state index in [2.05, 4.69) is 56.4 Å². The number of ether oxygens (including phenoxy) is 2. The average Bonchev–Trinajstić information content (AvgIpc) is 2.71. The molecule has 142 valence electrons. The van der Waals surface area contributed by atoms with Crippen LogP contribution in [0.15, 0.2) is 66.1 Å². The van der Waals surface area contributed by atoms with Crippen molar-refractivity contribution < 1.29 is 9.47 Å². The second-order valence-corrected chi connectivity index (χ2v) is 5.59. The number of rotatable bonds is 9. The number of benzene rings is 1. The van der Waals surface area contributed by atoms with E-state index in [9.17, 15) is 0 Å². The second kappa shape index (κ2) is 10.6. The molecule has 0 amide bonds. The maximum atomic E-state index is 5.18. The topological polar surface area (TPSA) is 80.7 Å². The van der Waals surface area contributed by atoms with Crippen molar-refractivity contribution in [1.29, 1.82) is 0 Å². The summed E-state index contributed by atoms with van der Waals surface area (Å²) in [5.74, 6) is 2.44. The number of anilines is 1. The van der Waals surface area contributed by atoms with Gasteiger partial charge in [0.2, 0.25) is 11.8 Å². The van der Waals surface area contributed by atoms with Crippen LogP contribution in [0, 0.1) is 0 Å². The molecule has 0 saturated carbocycles. The van der Waals surface area contributed by atoms with Gasteiger partial charge < -0.3 is 20.1 Å². The van der Waals surface area contributed by atoms with Crippen LogP contribution in [-0.4, -0.2) is 30.0 Å². The predicted molar refractivity (Wildman–Crippen MR) is 108 cm³/mol. The first-order valence-corrected chi connectivity index (χ1v) is 8.48. The smallest absolute Gasteiger partial charge is 0.226 e. The molecule has 0 fully saturated rings. The van der Waals surface area contributed by atoms with Crippen molar-refractivity contribution >= 4 is 11.8 Å². The van der Waals surface area contributed by atoms with Crippen LogP contribution in [0.2, 0.25) is 0 Å². The Hall–Kier alpha value is -3.35. The molecule has 0 aliphatic rings. The predicted octanol–water partition coefficient (Wildman–Crippen LogP) is 3.28. The van der Waals surface area contributed by atoms with Gasteiger partial charge in [-0.05, 0) is 24.1 Å². The highest BCUT2D eigenvalue weighted by Gasteiger charge is 2.00. The number of nitrogens with one attached hydrogen (secondary N) is 2. The molecule has 1 aromatic carbocycles. The van der Waals surface area contributed by atoms with Crippen LogP contribution in [0.4, 0.5) is 5.95 Å². The van der Waals surface area contributed by atoms with Crippen LogP contribution in [0.1, 0.15) is 18.1 Å². The Kier molecular flexibility index (Phi) is 7.84. The number of aliphatic imine (C=N–C) groups is 1. The van der Waals surface area contributed by atoms with Gasteiger partial charge in [0.25, 0.3) is 0 Å². The molecule has 27 heavy (non-hydrogen) atoms. The number of aromatic nitrogens is 2. The van der Waals surface area contributed by atoms with Gasteiger partial charge in [-0.3, -0.25) is 4.99 Å². The lowest BCUT2D eigenvalue weighted by Gasteiger charge is -2.09. The first-order chi connectivity index (χ1) is 13.1. The molecule has 7 heteroatoms. The highest BCUT2D eigenvalue weighted by Crippen LogP contribution is 2.10. The number of hydrogen-bond donors (Lipinski definition) is 2. The number of nitrogens with zero attached hydrogens (tertiary/aromatic N) is 3. The summed E-state index contributed by atoms with van der Waals surface area (Å²) < 4.78 is 10.3. The summed E-state index contributed by atoms with van der Waals surface area (Å²) in [6.07, 6.45) is 5.06. The van der Waals surface area contributed by atoms with Crippen molar-refractivity contribution in [3.05, 3.63) is 72.3 Å². The van der Waals surface area contributed by atoms with Crippen molar-refractivity contribution in [3.63, 3.8) is 0 Å². The molecule has 0 aliphatic heterocycles. The van der Waals surface area contributed by atoms with E-state index < -0.39 is 0 Å². The zero-order chi connectivity index (χ0) is 19.5. The summed E-state index contributed by atoms with van der Waals surface area (Å²) in [5.41, 5.74) is 2.24. The fraction of sp³-hybridized carbons (Fsp3) is 0.250. The zero-order valence-electron chi connectivity index (χ0n) is 15.9. The van der Waals surface area contributed by atoms with Crippen molar-refractivity contribution in [2.24, 2.45) is 4.99 Å². The van der Waals surface area contributed by atoms with Crippen LogP contribution >= 0.6 is 0 Å². The highest BCUT2D eigenvalue weighted by atomic mass is 16.5. The lowest BCUT2D eigenvalue weighted by atomic mass is 10.1. The van der Waals surface area contributed by atoms with Gasteiger partial charge in [0, 0.05) is 18.8 Å². The first-order valence-electron chi connectivity index (χ1n) is 8.48. The fourth-order valence-electron chi connectivity index (χ4n) is 2.18. The third-order valence-electron chi connectivity index (χ3n) is 3.60. The molecule has 2 rings (SSSR count). The molecule has 0 saturated heterocycles. The minimum Gasteiger partial charge on any atom is -0.482 e. The maximum Gasteiger partial charge on any atom is 0.226 e. The van der Waals surface area contributed by atoms with Gasteiger partial charge in [0.15, 0.2) is 5.88 Å². The molecular weight excluding hydrogens is 342 g/mol. The van der Waals surface area contributed by atoms with E-state index >= 15 is 0 Å². The van der Waals surface area contributed by atoms with Gasteiger partial charge in [0.05, 0.1) is 20.8 Å². The molecule has 0 aliphatic carbocycles. The summed E-state index contributed by atoms with van der Waals surface area (Å²) in [7, 11) is 3.18. The largest absolute Gasteiger partial charge is 0.482 e. The molecule has 0 spiro atoms. The molecule has 0 bridgehead atoms. The van der Waals surface area contributed by atoms with Crippen LogP contribution in [0.3, 0.4) is 0 Å². The van der Waals surface area contributed by atoms with Gasteiger partial charge in [0.1, 0.15) is 5.84 Å². The SMILES string of the molecule is C=C/C=C(\NC(C)=NCc1ccc(CNc2nccc(OC)n2)cc1)OC. The summed E-state index contributed by atoms with van der Waals surface area (Å²) in [6.45, 7) is 6.74. The van der Waals surface area contributed by atoms with Gasteiger partial charge >= 0.3 is 0 Å². The van der Waals surface area contributed by atoms with E-state index in [4.69, 9.17) is 9.47 Å². The summed E-state index contributed by atoms with van der Waals surface area (Å²) >= 11 is 0. The molecule has 2 aromatic rings. The highest BCUT2D eigenvalue weighted by molar-refractivity contribution is 5.80. The normalized spacial score (nSPS) is 11.7. The van der Waals surface area contributed by atoms with Gasteiger partial charge in [-0.1, -0.05) is 36.9 Å². The molecule has 0 radical (unpaired) electrons. The Morgan fingerprint density at radius 3 is 2.59 bits per heavy atom. The minimum absolute atomic E-state index is 0.532. The van der Waals surface area contributed by atoms with Gasteiger partial charge in [-0.2, -0.15) is 4.98 Å². The number of allylic oxidation sites excluding steroid dienone is 2. The van der Waals surface area contributed by atoms with Crippen LogP contribution in [-0.2, 0) is 17.8 Å². The molecule has 0 atom stereocenters. The third-order valence-corrected chi connectivity index (χ3v) is 3.60. The Morgan fingerprint density at radius 2 is 1.93 bits per heavy atom. The van der Waals surface area contributed by atoms with Crippen LogP contribution < -0.4 is 15.4 Å². The summed E-state index contributed by atoms with van der Waals surface area (Å²) in [6, 6.07) is 9.92. The third kappa shape index (κ3) is 6.81. The number of methoxy groups -OCH3 is 2. The van der Waals surface area contributed by atoms with E-state index in [1.807, 2.05) is 6.92 Å². The molecule has 1 aromatic heterocycles. The van der Waals surface area contributed by atoms with Crippen molar-refractivity contribution in [2.45, 2.75) is 20.0 Å². The van der Waals surface area contributed by atoms with Crippen LogP contribution in [0.25, 0.3) is 0 Å². The Labute approximate surface area is 159 Å². The standard InChI is InChI=1S/C20H25N5O2/c1-5-6-18(26-3)24-15(2)22-13-16-7-9-17(10-8-16)14-23-20-21-12-11-19(25-20)27-4/h5-12H,1,13-14H2,2-4H3,(H,22,24)(H,21,23,25)/b18-6+. The molecule has 0 unspecified atom stereocenters. The zero-order valence-corrected chi connectivity index (χ0v) is 15.9. The average molecular weight is 367 g/mol. The van der Waals surface area contributed by atoms with Crippen molar-refractivity contribution in [1.82, 2.24) is 15.3 Å². The lowest BCUT2D eigenvalue weighted by molar-refractivity contribution is 0.275. The summed E-state index contributed by atoms with van der Waals surface area (Å²) in [5, 5.41) is 6.26. The molecular formula is C20H25N5O2. The van der Waals surface area contributed by atoms with Crippen molar-refractivity contribution in [2.75, 3.05) is 19.5 Å². The Bertz CT molecular complexity index is 800. The monoisotopic (exact) mass is 367 g/mol. The minimum atomic E-state index is 0.532. The first kappa shape index (κ1) is 20.0. The molecule has 2 N–H and O–H groups in total. The van der Waals surface area contributed by atoms with E-state index in [-0.39, 0.29) is 0 Å². The number of amidine groups is 1. The maximum absolute atomic E-state index is 5.18. The van der Waals surface area contributed by atoms with Crippen LogP contribution in [0.5, 0.6) is 5.88 Å². The second-order valence-electron chi connectivity index (χ2n) is 5.59. The van der Waals surface area contributed by atoms with E-state index in [1.54, 1.807) is 38.6 Å². The number of hydrogen-bond acceptors (Lipinski definition) is 6. The Morgan fingerprint density at radius 1 is 1.19 bits per heavy atom. The Balaban J connectivity index is 1.88. The van der Waals surface area contributed by atoms with Gasteiger partial charge in [-0.25, -0.2) is 4.98 Å². The summed E-state index contributed by atoms with van der Waals surface area (Å²) in [4.78, 5) is 12.9. The van der Waals surface area contributed by atoms with E-state index in [1.165, 1.54) is 0 Å². The molecule has 1 heterocycles.